The molecule has 2 heterocycles. The predicted molar refractivity (Wildman–Crippen MR) is 62.9 cm³/mol. The number of aliphatic imine (C=N–C) groups is 2. The van der Waals surface area contributed by atoms with E-state index in [1.807, 2.05) is 25.1 Å². The lowest BCUT2D eigenvalue weighted by Gasteiger charge is -2.12. The van der Waals surface area contributed by atoms with Gasteiger partial charge in [0.1, 0.15) is 0 Å². The molecule has 1 aromatic rings. The summed E-state index contributed by atoms with van der Waals surface area (Å²) in [6, 6.07) is 3.84. The zero-order valence-corrected chi connectivity index (χ0v) is 8.51. The maximum atomic E-state index is 4.26. The van der Waals surface area contributed by atoms with Gasteiger partial charge < -0.3 is 0 Å². The van der Waals surface area contributed by atoms with Crippen LogP contribution in [0, 0.1) is 0 Å². The molecule has 0 spiro atoms. The van der Waals surface area contributed by atoms with Crippen molar-refractivity contribution in [1.29, 1.82) is 0 Å². The fourth-order valence-corrected chi connectivity index (χ4v) is 1.48. The van der Waals surface area contributed by atoms with Crippen molar-refractivity contribution in [3.8, 4) is 0 Å². The first-order valence-corrected chi connectivity index (χ1v) is 4.71. The number of hydrogen-bond acceptors (Lipinski definition) is 3. The molecule has 3 heteroatoms. The van der Waals surface area contributed by atoms with Crippen LogP contribution in [-0.2, 0) is 0 Å². The lowest BCUT2D eigenvalue weighted by Crippen LogP contribution is -2.10. The van der Waals surface area contributed by atoms with Crippen LogP contribution >= 0.6 is 0 Å². The second-order valence-corrected chi connectivity index (χ2v) is 3.04. The first-order valence-electron chi connectivity index (χ1n) is 4.71. The molecule has 0 saturated heterocycles. The van der Waals surface area contributed by atoms with Crippen molar-refractivity contribution in [3.63, 3.8) is 0 Å². The van der Waals surface area contributed by atoms with Gasteiger partial charge in [-0.05, 0) is 19.1 Å². The number of allylic oxidation sites excluding steroid dienone is 2. The average Bonchev–Trinajstić information content (AvgIpc) is 2.30. The summed E-state index contributed by atoms with van der Waals surface area (Å²) >= 11 is 0. The van der Waals surface area contributed by atoms with Crippen molar-refractivity contribution in [2.45, 2.75) is 6.92 Å². The number of nitrogens with zero attached hydrogens (tertiary/aromatic N) is 3. The van der Waals surface area contributed by atoms with E-state index in [1.54, 1.807) is 12.4 Å². The monoisotopic (exact) mass is 197 g/mol. The van der Waals surface area contributed by atoms with Gasteiger partial charge in [0, 0.05) is 29.7 Å². The third kappa shape index (κ3) is 1.64. The van der Waals surface area contributed by atoms with Crippen LogP contribution < -0.4 is 0 Å². The molecule has 0 unspecified atom stereocenters. The number of fused-ring (bicyclic) bond motifs is 1. The van der Waals surface area contributed by atoms with Crippen molar-refractivity contribution in [2.75, 3.05) is 0 Å². The molecule has 0 atom stereocenters. The van der Waals surface area contributed by atoms with Gasteiger partial charge in [0.15, 0.2) is 5.82 Å². The van der Waals surface area contributed by atoms with Crippen LogP contribution in [0.2, 0.25) is 0 Å². The lowest BCUT2D eigenvalue weighted by atomic mass is 10.0. The minimum Gasteiger partial charge on any atom is -0.256 e. The summed E-state index contributed by atoms with van der Waals surface area (Å²) in [4.78, 5) is 12.7. The van der Waals surface area contributed by atoms with Crippen molar-refractivity contribution in [2.24, 2.45) is 9.98 Å². The minimum atomic E-state index is 0.712. The van der Waals surface area contributed by atoms with E-state index in [0.717, 1.165) is 16.8 Å². The van der Waals surface area contributed by atoms with Gasteiger partial charge >= 0.3 is 0 Å². The highest BCUT2D eigenvalue weighted by Crippen LogP contribution is 2.23. The molecule has 0 bridgehead atoms. The molecule has 0 N–H and O–H groups in total. The highest BCUT2D eigenvalue weighted by Gasteiger charge is 2.16. The summed E-state index contributed by atoms with van der Waals surface area (Å²) in [5, 5.41) is 0. The van der Waals surface area contributed by atoms with Crippen LogP contribution in [0.25, 0.3) is 0 Å². The first-order chi connectivity index (χ1) is 7.36. The van der Waals surface area contributed by atoms with E-state index < -0.39 is 0 Å². The van der Waals surface area contributed by atoms with Gasteiger partial charge in [0.2, 0.25) is 0 Å². The van der Waals surface area contributed by atoms with Crippen LogP contribution in [-0.4, -0.2) is 16.9 Å². The van der Waals surface area contributed by atoms with Crippen LogP contribution in [0.4, 0.5) is 5.82 Å². The van der Waals surface area contributed by atoms with Crippen molar-refractivity contribution in [1.82, 2.24) is 4.98 Å². The lowest BCUT2D eigenvalue weighted by molar-refractivity contribution is 1.25. The summed E-state index contributed by atoms with van der Waals surface area (Å²) in [6.45, 7) is 5.58. The molecule has 15 heavy (non-hydrogen) atoms. The smallest absolute Gasteiger partial charge is 0.161 e. The van der Waals surface area contributed by atoms with Crippen molar-refractivity contribution < 1.29 is 0 Å². The standard InChI is InChI=1S/C12H11N3/c1-3-9-8-15-12-10(6-5-7-14-12)11(9)13-4-2/h3-8H,2H2,1H3/b9-3-,13-11+. The maximum absolute atomic E-state index is 4.26. The topological polar surface area (TPSA) is 37.6 Å². The van der Waals surface area contributed by atoms with E-state index >= 15 is 0 Å². The van der Waals surface area contributed by atoms with Gasteiger partial charge in [-0.25, -0.2) is 9.98 Å². The maximum Gasteiger partial charge on any atom is 0.161 e. The molecular formula is C12H11N3. The molecule has 0 aliphatic carbocycles. The van der Waals surface area contributed by atoms with Gasteiger partial charge in [0.05, 0.1) is 5.71 Å². The molecule has 74 valence electrons. The number of aromatic nitrogens is 1. The zero-order valence-electron chi connectivity index (χ0n) is 8.51. The van der Waals surface area contributed by atoms with E-state index in [1.165, 1.54) is 6.20 Å². The van der Waals surface area contributed by atoms with Crippen LogP contribution in [0.5, 0.6) is 0 Å². The highest BCUT2D eigenvalue weighted by molar-refractivity contribution is 6.27. The SMILES string of the molecule is C=C/N=C1\C(=C/C)C=Nc2ncccc21. The van der Waals surface area contributed by atoms with Gasteiger partial charge in [-0.3, -0.25) is 4.99 Å². The van der Waals surface area contributed by atoms with Gasteiger partial charge in [0.25, 0.3) is 0 Å². The van der Waals surface area contributed by atoms with Crippen LogP contribution in [0.1, 0.15) is 12.5 Å². The molecule has 3 nitrogen and oxygen atoms in total. The van der Waals surface area contributed by atoms with E-state index in [2.05, 4.69) is 21.5 Å². The first kappa shape index (κ1) is 9.52. The van der Waals surface area contributed by atoms with Gasteiger partial charge in [-0.15, -0.1) is 0 Å². The fourth-order valence-electron chi connectivity index (χ4n) is 1.48. The molecular weight excluding hydrogens is 186 g/mol. The number of rotatable bonds is 1. The van der Waals surface area contributed by atoms with Gasteiger partial charge in [-0.1, -0.05) is 12.7 Å². The normalized spacial score (nSPS) is 19.3. The van der Waals surface area contributed by atoms with E-state index in [0.29, 0.717) is 5.82 Å². The molecule has 1 aromatic heterocycles. The Kier molecular flexibility index (Phi) is 2.54. The molecule has 0 radical (unpaired) electrons. The van der Waals surface area contributed by atoms with Gasteiger partial charge in [-0.2, -0.15) is 0 Å². The van der Waals surface area contributed by atoms with E-state index in [9.17, 15) is 0 Å². The van der Waals surface area contributed by atoms with Crippen LogP contribution in [0.3, 0.4) is 0 Å². The fraction of sp³-hybridized carbons (Fsp3) is 0.0833. The Labute approximate surface area is 88.6 Å². The Balaban J connectivity index is 2.65. The Morgan fingerprint density at radius 3 is 3.07 bits per heavy atom. The largest absolute Gasteiger partial charge is 0.256 e. The summed E-state index contributed by atoms with van der Waals surface area (Å²) in [5.74, 6) is 0.712. The van der Waals surface area contributed by atoms with Crippen molar-refractivity contribution in [3.05, 3.63) is 48.3 Å². The zero-order chi connectivity index (χ0) is 10.7. The molecule has 1 aliphatic heterocycles. The molecule has 2 rings (SSSR count). The summed E-state index contributed by atoms with van der Waals surface area (Å²) in [6.07, 6.45) is 7.01. The Morgan fingerprint density at radius 1 is 1.47 bits per heavy atom. The van der Waals surface area contributed by atoms with Crippen molar-refractivity contribution >= 4 is 17.7 Å². The molecule has 0 saturated carbocycles. The second-order valence-electron chi connectivity index (χ2n) is 3.04. The predicted octanol–water partition coefficient (Wildman–Crippen LogP) is 2.68. The molecule has 0 amide bonds. The Morgan fingerprint density at radius 2 is 2.33 bits per heavy atom. The number of pyridine rings is 1. The Hall–Kier alpha value is -2.03. The highest BCUT2D eigenvalue weighted by atomic mass is 14.9. The quantitative estimate of drug-likeness (QED) is 0.682. The molecule has 0 aromatic carbocycles. The Bertz CT molecular complexity index is 481. The van der Waals surface area contributed by atoms with E-state index in [-0.39, 0.29) is 0 Å². The van der Waals surface area contributed by atoms with E-state index in [4.69, 9.17) is 0 Å². The molecule has 1 aliphatic rings. The summed E-state index contributed by atoms with van der Waals surface area (Å²) < 4.78 is 0. The summed E-state index contributed by atoms with van der Waals surface area (Å²) in [7, 11) is 0. The number of hydrogen-bond donors (Lipinski definition) is 0. The third-order valence-corrected chi connectivity index (χ3v) is 2.17. The van der Waals surface area contributed by atoms with Crippen LogP contribution in [0.15, 0.2) is 52.7 Å². The average molecular weight is 197 g/mol. The minimum absolute atomic E-state index is 0.712. The third-order valence-electron chi connectivity index (χ3n) is 2.17. The second kappa shape index (κ2) is 4.00. The molecule has 0 fully saturated rings. The summed E-state index contributed by atoms with van der Waals surface area (Å²) in [5.41, 5.74) is 2.83.